The van der Waals surface area contributed by atoms with Gasteiger partial charge in [0.25, 0.3) is 0 Å². The third kappa shape index (κ3) is 74.4. The lowest BCUT2D eigenvalue weighted by Crippen LogP contribution is -2.30. The summed E-state index contributed by atoms with van der Waals surface area (Å²) in [6.07, 6.45) is 67.3. The van der Waals surface area contributed by atoms with Crippen molar-refractivity contribution in [2.75, 3.05) is 39.6 Å². The van der Waals surface area contributed by atoms with E-state index >= 15 is 0 Å². The Kier molecular flexibility index (Phi) is 72.2. The van der Waals surface area contributed by atoms with E-state index in [9.17, 15) is 43.2 Å². The minimum Gasteiger partial charge on any atom is -0.462 e. The number of phosphoric acid groups is 2. The van der Waals surface area contributed by atoms with Crippen LogP contribution in [0.5, 0.6) is 0 Å². The average molecular weight is 1490 g/mol. The van der Waals surface area contributed by atoms with Gasteiger partial charge in [0, 0.05) is 25.7 Å². The van der Waals surface area contributed by atoms with Gasteiger partial charge in [0.05, 0.1) is 26.4 Å². The van der Waals surface area contributed by atoms with Crippen molar-refractivity contribution in [3.63, 3.8) is 0 Å². The summed E-state index contributed by atoms with van der Waals surface area (Å²) in [4.78, 5) is 73.1. The van der Waals surface area contributed by atoms with E-state index in [0.717, 1.165) is 115 Å². The normalized spacial score (nSPS) is 14.3. The van der Waals surface area contributed by atoms with E-state index in [1.54, 1.807) is 0 Å². The van der Waals surface area contributed by atoms with Gasteiger partial charge in [-0.15, -0.1) is 0 Å². The molecule has 17 nitrogen and oxygen atoms in total. The Morgan fingerprint density at radius 1 is 0.324 bits per heavy atom. The summed E-state index contributed by atoms with van der Waals surface area (Å²) in [5, 5.41) is 10.7. The number of aliphatic hydroxyl groups is 1. The summed E-state index contributed by atoms with van der Waals surface area (Å²) in [6.45, 7) is 9.61. The van der Waals surface area contributed by atoms with Crippen LogP contribution in [0.15, 0.2) is 24.3 Å². The molecule has 0 aliphatic carbocycles. The van der Waals surface area contributed by atoms with E-state index in [2.05, 4.69) is 65.8 Å². The maximum Gasteiger partial charge on any atom is 0.472 e. The molecule has 0 spiro atoms. The van der Waals surface area contributed by atoms with Crippen LogP contribution in [-0.2, 0) is 65.4 Å². The predicted octanol–water partition coefficient (Wildman–Crippen LogP) is 24.6. The SMILES string of the molecule is CCCCCC/C=C\C=C/CCCCCCCC(=O)O[C@H](COC(=O)CCCCCCCCCCC(C)CC)COP(=O)(O)OC[C@H](O)COP(=O)(O)OC[C@@H](COC(=O)CCCCCCCCCCCCCCCCCC)OC(=O)CCCCCCCCCCCCCCCCCCC(C)C. The lowest BCUT2D eigenvalue weighted by atomic mass is 9.99. The molecule has 3 N–H and O–H groups in total. The molecular weight excluding hydrogens is 1330 g/mol. The molecule has 0 amide bonds. The molecule has 19 heteroatoms. The van der Waals surface area contributed by atoms with Crippen molar-refractivity contribution in [2.45, 2.75) is 432 Å². The van der Waals surface area contributed by atoms with Crippen molar-refractivity contribution in [2.24, 2.45) is 11.8 Å². The lowest BCUT2D eigenvalue weighted by molar-refractivity contribution is -0.161. The van der Waals surface area contributed by atoms with Crippen LogP contribution in [0.2, 0.25) is 0 Å². The number of carbonyl (C=O) groups is 4. The van der Waals surface area contributed by atoms with Gasteiger partial charge in [-0.05, 0) is 63.2 Å². The van der Waals surface area contributed by atoms with E-state index in [4.69, 9.17) is 37.0 Å². The van der Waals surface area contributed by atoms with Gasteiger partial charge in [-0.25, -0.2) is 9.13 Å². The van der Waals surface area contributed by atoms with Crippen LogP contribution < -0.4 is 0 Å². The van der Waals surface area contributed by atoms with Crippen LogP contribution >= 0.6 is 15.6 Å². The Morgan fingerprint density at radius 2 is 0.578 bits per heavy atom. The molecule has 0 bridgehead atoms. The summed E-state index contributed by atoms with van der Waals surface area (Å²) in [5.74, 6) is -0.553. The average Bonchev–Trinajstić information content (AvgIpc) is 0.928. The third-order valence-electron chi connectivity index (χ3n) is 19.2. The number of aliphatic hydroxyl groups excluding tert-OH is 1. The molecule has 3 unspecified atom stereocenters. The summed E-state index contributed by atoms with van der Waals surface area (Å²) in [5.41, 5.74) is 0. The highest BCUT2D eigenvalue weighted by Gasteiger charge is 2.30. The molecule has 0 saturated heterocycles. The van der Waals surface area contributed by atoms with Crippen molar-refractivity contribution in [3.8, 4) is 0 Å². The molecule has 602 valence electrons. The van der Waals surface area contributed by atoms with Crippen molar-refractivity contribution in [3.05, 3.63) is 24.3 Å². The van der Waals surface area contributed by atoms with Gasteiger partial charge in [0.15, 0.2) is 12.2 Å². The number of ether oxygens (including phenoxy) is 4. The number of phosphoric ester groups is 2. The molecule has 0 aromatic heterocycles. The summed E-state index contributed by atoms with van der Waals surface area (Å²) < 4.78 is 68.8. The smallest absolute Gasteiger partial charge is 0.462 e. The van der Waals surface area contributed by atoms with Crippen LogP contribution in [0, 0.1) is 11.8 Å². The molecule has 0 saturated carbocycles. The Labute approximate surface area is 624 Å². The zero-order valence-corrected chi connectivity index (χ0v) is 68.2. The molecule has 0 aliphatic heterocycles. The third-order valence-corrected chi connectivity index (χ3v) is 21.1. The fourth-order valence-electron chi connectivity index (χ4n) is 12.3. The Hall–Kier alpha value is -2.46. The fraction of sp³-hybridized carbons (Fsp3) is 0.904. The first kappa shape index (κ1) is 99.5. The van der Waals surface area contributed by atoms with Crippen LogP contribution in [0.1, 0.15) is 414 Å². The summed E-state index contributed by atoms with van der Waals surface area (Å²) in [6, 6.07) is 0. The highest BCUT2D eigenvalue weighted by atomic mass is 31.2. The molecule has 0 aromatic rings. The Morgan fingerprint density at radius 3 is 0.882 bits per heavy atom. The monoisotopic (exact) mass is 1490 g/mol. The number of esters is 4. The van der Waals surface area contributed by atoms with E-state index < -0.39 is 97.5 Å². The maximum absolute atomic E-state index is 13.1. The number of hydrogen-bond donors (Lipinski definition) is 3. The Balaban J connectivity index is 5.30. The molecule has 102 heavy (non-hydrogen) atoms. The van der Waals surface area contributed by atoms with Crippen LogP contribution in [0.4, 0.5) is 0 Å². The molecule has 6 atom stereocenters. The van der Waals surface area contributed by atoms with Gasteiger partial charge in [0.2, 0.25) is 0 Å². The maximum atomic E-state index is 13.1. The van der Waals surface area contributed by atoms with Gasteiger partial charge in [-0.2, -0.15) is 0 Å². The second kappa shape index (κ2) is 74.0. The highest BCUT2D eigenvalue weighted by molar-refractivity contribution is 7.47. The van der Waals surface area contributed by atoms with Crippen LogP contribution in [0.25, 0.3) is 0 Å². The standard InChI is InChI=1S/C83H158O17P2/c1-7-10-12-14-16-18-20-22-24-29-32-36-40-47-53-59-65-80(85)93-71-78(99-82(87)68-62-56-50-42-38-34-30-26-25-28-31-35-39-45-51-57-63-75(4)5)73-97-101(89,90)95-69-77(84)70-96-102(91,92)98-74-79(72-94-81(86)66-60-54-48-44-43-46-52-58-64-76(6)9-3)100-83(88)67-61-55-49-41-37-33-27-23-21-19-17-15-13-11-8-2/h19,21,23,27,75-79,84H,7-18,20,22,24-26,28-74H2,1-6H3,(H,89,90)(H,91,92)/b21-19-,27-23-/t76?,77-,78-,79-/m1/s1. The van der Waals surface area contributed by atoms with Gasteiger partial charge in [0.1, 0.15) is 19.3 Å². The first-order chi connectivity index (χ1) is 49.4. The van der Waals surface area contributed by atoms with Crippen molar-refractivity contribution in [1.29, 1.82) is 0 Å². The van der Waals surface area contributed by atoms with Crippen LogP contribution in [-0.4, -0.2) is 96.7 Å². The van der Waals surface area contributed by atoms with Gasteiger partial charge in [-0.1, -0.05) is 361 Å². The lowest BCUT2D eigenvalue weighted by Gasteiger charge is -2.21. The zero-order chi connectivity index (χ0) is 74.9. The summed E-state index contributed by atoms with van der Waals surface area (Å²) >= 11 is 0. The number of rotatable bonds is 80. The molecule has 0 rings (SSSR count). The minimum absolute atomic E-state index is 0.0848. The van der Waals surface area contributed by atoms with Crippen LogP contribution in [0.3, 0.4) is 0 Å². The van der Waals surface area contributed by atoms with Gasteiger partial charge in [-0.3, -0.25) is 37.3 Å². The second-order valence-corrected chi connectivity index (χ2v) is 32.8. The number of unbranched alkanes of at least 4 members (excludes halogenated alkanes) is 46. The van der Waals surface area contributed by atoms with Gasteiger partial charge < -0.3 is 33.8 Å². The van der Waals surface area contributed by atoms with E-state index in [-0.39, 0.29) is 25.7 Å². The zero-order valence-electron chi connectivity index (χ0n) is 66.4. The summed E-state index contributed by atoms with van der Waals surface area (Å²) in [7, 11) is -9.94. The quantitative estimate of drug-likeness (QED) is 0.0169. The Bertz CT molecular complexity index is 2060. The van der Waals surface area contributed by atoms with Gasteiger partial charge >= 0.3 is 39.5 Å². The van der Waals surface area contributed by atoms with Crippen molar-refractivity contribution < 1.29 is 80.2 Å². The first-order valence-corrected chi connectivity index (χ1v) is 45.3. The second-order valence-electron chi connectivity index (χ2n) is 29.9. The predicted molar refractivity (Wildman–Crippen MR) is 418 cm³/mol. The minimum atomic E-state index is -4.97. The molecule has 0 aromatic carbocycles. The van der Waals surface area contributed by atoms with Crippen molar-refractivity contribution in [1.82, 2.24) is 0 Å². The molecule has 0 heterocycles. The number of carbonyl (C=O) groups excluding carboxylic acids is 4. The highest BCUT2D eigenvalue weighted by Crippen LogP contribution is 2.45. The largest absolute Gasteiger partial charge is 0.472 e. The molecular formula is C83H158O17P2. The van der Waals surface area contributed by atoms with E-state index in [0.29, 0.717) is 25.7 Å². The van der Waals surface area contributed by atoms with E-state index in [1.807, 2.05) is 0 Å². The van der Waals surface area contributed by atoms with E-state index in [1.165, 1.54) is 218 Å². The molecule has 0 aliphatic rings. The fourth-order valence-corrected chi connectivity index (χ4v) is 13.9. The first-order valence-electron chi connectivity index (χ1n) is 42.3. The number of allylic oxidation sites excluding steroid dienone is 4. The van der Waals surface area contributed by atoms with Crippen molar-refractivity contribution >= 4 is 39.5 Å². The molecule has 0 fully saturated rings. The topological polar surface area (TPSA) is 237 Å². The number of hydrogen-bond acceptors (Lipinski definition) is 15. The molecule has 0 radical (unpaired) electrons.